The van der Waals surface area contributed by atoms with E-state index in [2.05, 4.69) is 89.3 Å². The van der Waals surface area contributed by atoms with Crippen molar-refractivity contribution in [3.63, 3.8) is 0 Å². The lowest BCUT2D eigenvalue weighted by atomic mass is 9.70. The average molecular weight is 371 g/mol. The van der Waals surface area contributed by atoms with E-state index in [9.17, 15) is 0 Å². The maximum absolute atomic E-state index is 2.51. The lowest BCUT2D eigenvalue weighted by molar-refractivity contribution is 0.265. The Balaban J connectivity index is 1.84. The van der Waals surface area contributed by atoms with Crippen molar-refractivity contribution in [3.05, 3.63) is 88.1 Å². The molecule has 1 aromatic carbocycles. The van der Waals surface area contributed by atoms with E-state index < -0.39 is 0 Å². The van der Waals surface area contributed by atoms with Crippen molar-refractivity contribution in [2.24, 2.45) is 11.3 Å². The van der Waals surface area contributed by atoms with Crippen LogP contribution in [0.3, 0.4) is 0 Å². The van der Waals surface area contributed by atoms with Crippen molar-refractivity contribution in [2.75, 3.05) is 0 Å². The van der Waals surface area contributed by atoms with Crippen molar-refractivity contribution in [3.8, 4) is 0 Å². The standard InChI is InChI=1S/C28H34/c1-6-25-27(23-10-8-7-9-11-26(23)28(25,4)5)24-18-22(17-14-20(24)3)21-15-12-19(2)13-16-21/h8-12,14-15,17-18,25,27H,6-7,13,16H2,1-5H3. The van der Waals surface area contributed by atoms with Crippen molar-refractivity contribution in [1.29, 1.82) is 0 Å². The van der Waals surface area contributed by atoms with Gasteiger partial charge in [0.2, 0.25) is 0 Å². The van der Waals surface area contributed by atoms with E-state index in [1.54, 1.807) is 11.1 Å². The average Bonchev–Trinajstić information content (AvgIpc) is 2.84. The Morgan fingerprint density at radius 3 is 2.50 bits per heavy atom. The van der Waals surface area contributed by atoms with E-state index in [0.29, 0.717) is 11.8 Å². The van der Waals surface area contributed by atoms with Crippen LogP contribution < -0.4 is 0 Å². The topological polar surface area (TPSA) is 0 Å². The highest BCUT2D eigenvalue weighted by Crippen LogP contribution is 2.57. The van der Waals surface area contributed by atoms with Gasteiger partial charge in [-0.2, -0.15) is 0 Å². The zero-order valence-corrected chi connectivity index (χ0v) is 18.2. The Morgan fingerprint density at radius 2 is 1.79 bits per heavy atom. The van der Waals surface area contributed by atoms with Crippen LogP contribution in [0.5, 0.6) is 0 Å². The summed E-state index contributed by atoms with van der Waals surface area (Å²) in [5.74, 6) is 1.14. The third kappa shape index (κ3) is 3.17. The Morgan fingerprint density at radius 1 is 1.00 bits per heavy atom. The Bertz CT molecular complexity index is 927. The highest BCUT2D eigenvalue weighted by atomic mass is 14.5. The molecule has 0 aromatic heterocycles. The van der Waals surface area contributed by atoms with Crippen molar-refractivity contribution < 1.29 is 0 Å². The van der Waals surface area contributed by atoms with Crippen LogP contribution in [-0.4, -0.2) is 0 Å². The maximum Gasteiger partial charge on any atom is 0.0131 e. The van der Waals surface area contributed by atoms with Gasteiger partial charge in [0.1, 0.15) is 0 Å². The summed E-state index contributed by atoms with van der Waals surface area (Å²) in [6.07, 6.45) is 18.7. The van der Waals surface area contributed by atoms with E-state index in [0.717, 1.165) is 12.8 Å². The van der Waals surface area contributed by atoms with Crippen LogP contribution in [0.4, 0.5) is 0 Å². The fourth-order valence-electron chi connectivity index (χ4n) is 5.62. The van der Waals surface area contributed by atoms with Gasteiger partial charge in [0, 0.05) is 5.92 Å². The van der Waals surface area contributed by atoms with Crippen LogP contribution in [0.1, 0.15) is 76.0 Å². The molecule has 4 rings (SSSR count). The number of benzene rings is 1. The molecule has 0 heteroatoms. The smallest absolute Gasteiger partial charge is 0.0131 e. The third-order valence-corrected chi connectivity index (χ3v) is 7.31. The summed E-state index contributed by atoms with van der Waals surface area (Å²) in [5.41, 5.74) is 10.7. The van der Waals surface area contributed by atoms with Gasteiger partial charge in [-0.15, -0.1) is 0 Å². The normalized spacial score (nSPS) is 26.0. The van der Waals surface area contributed by atoms with Crippen LogP contribution in [0.15, 0.2) is 71.4 Å². The van der Waals surface area contributed by atoms with Crippen molar-refractivity contribution >= 4 is 5.57 Å². The van der Waals surface area contributed by atoms with E-state index in [1.807, 2.05) is 0 Å². The highest BCUT2D eigenvalue weighted by Gasteiger charge is 2.46. The van der Waals surface area contributed by atoms with Gasteiger partial charge in [0.25, 0.3) is 0 Å². The number of hydrogen-bond donors (Lipinski definition) is 0. The zero-order chi connectivity index (χ0) is 19.9. The molecule has 28 heavy (non-hydrogen) atoms. The molecule has 0 aliphatic heterocycles. The Labute approximate surface area is 171 Å². The maximum atomic E-state index is 2.51. The van der Waals surface area contributed by atoms with Crippen LogP contribution in [-0.2, 0) is 0 Å². The molecule has 146 valence electrons. The first-order chi connectivity index (χ1) is 13.4. The lowest BCUT2D eigenvalue weighted by Crippen LogP contribution is -2.24. The molecule has 2 unspecified atom stereocenters. The summed E-state index contributed by atoms with van der Waals surface area (Å²) in [7, 11) is 0. The van der Waals surface area contributed by atoms with Crippen molar-refractivity contribution in [2.45, 2.75) is 66.2 Å². The number of rotatable bonds is 3. The first-order valence-electron chi connectivity index (χ1n) is 11.0. The Kier molecular flexibility index (Phi) is 5.08. The third-order valence-electron chi connectivity index (χ3n) is 7.31. The SMILES string of the molecule is CCC1C(c2cc(C3=CC=C(C)CC3)ccc2C)C2=C(C=CCC=C2)C1(C)C. The second-order valence-corrected chi connectivity index (χ2v) is 9.40. The number of hydrogen-bond acceptors (Lipinski definition) is 0. The summed E-state index contributed by atoms with van der Waals surface area (Å²) in [6, 6.07) is 7.20. The molecule has 3 aliphatic carbocycles. The van der Waals surface area contributed by atoms with Gasteiger partial charge < -0.3 is 0 Å². The molecule has 0 N–H and O–H groups in total. The van der Waals surface area contributed by atoms with Gasteiger partial charge in [-0.3, -0.25) is 0 Å². The number of allylic oxidation sites excluding steroid dienone is 10. The fraction of sp³-hybridized carbons (Fsp3) is 0.429. The minimum Gasteiger partial charge on any atom is -0.0804 e. The summed E-state index contributed by atoms with van der Waals surface area (Å²) < 4.78 is 0. The molecule has 0 spiro atoms. The second kappa shape index (κ2) is 7.39. The number of aryl methyl sites for hydroxylation is 1. The molecule has 3 aliphatic rings. The largest absolute Gasteiger partial charge is 0.0804 e. The monoisotopic (exact) mass is 370 g/mol. The Hall–Kier alpha value is -2.08. The van der Waals surface area contributed by atoms with Crippen LogP contribution in [0.25, 0.3) is 5.57 Å². The minimum atomic E-state index is 0.215. The molecule has 1 aromatic rings. The molecule has 0 nitrogen and oxygen atoms in total. The van der Waals surface area contributed by atoms with E-state index >= 15 is 0 Å². The first kappa shape index (κ1) is 19.2. The molecular formula is C28H34. The molecule has 2 atom stereocenters. The quantitative estimate of drug-likeness (QED) is 0.504. The molecule has 0 radical (unpaired) electrons. The molecule has 0 fully saturated rings. The van der Waals surface area contributed by atoms with Crippen LogP contribution >= 0.6 is 0 Å². The van der Waals surface area contributed by atoms with E-state index in [-0.39, 0.29) is 5.41 Å². The van der Waals surface area contributed by atoms with Crippen molar-refractivity contribution in [1.82, 2.24) is 0 Å². The predicted octanol–water partition coefficient (Wildman–Crippen LogP) is 8.08. The second-order valence-electron chi connectivity index (χ2n) is 9.40. The minimum absolute atomic E-state index is 0.215. The van der Waals surface area contributed by atoms with Gasteiger partial charge in [-0.05, 0) is 77.9 Å². The molecule has 0 saturated heterocycles. The molecule has 0 amide bonds. The summed E-state index contributed by atoms with van der Waals surface area (Å²) in [6.45, 7) is 11.8. The van der Waals surface area contributed by atoms with E-state index in [4.69, 9.17) is 0 Å². The van der Waals surface area contributed by atoms with Crippen LogP contribution in [0, 0.1) is 18.3 Å². The van der Waals surface area contributed by atoms with E-state index in [1.165, 1.54) is 40.7 Å². The van der Waals surface area contributed by atoms with Gasteiger partial charge in [0.15, 0.2) is 0 Å². The van der Waals surface area contributed by atoms with Gasteiger partial charge >= 0.3 is 0 Å². The van der Waals surface area contributed by atoms with Gasteiger partial charge in [-0.1, -0.05) is 87.4 Å². The summed E-state index contributed by atoms with van der Waals surface area (Å²) >= 11 is 0. The zero-order valence-electron chi connectivity index (χ0n) is 18.2. The van der Waals surface area contributed by atoms with Crippen LogP contribution in [0.2, 0.25) is 0 Å². The first-order valence-corrected chi connectivity index (χ1v) is 11.0. The highest BCUT2D eigenvalue weighted by molar-refractivity contribution is 5.70. The van der Waals surface area contributed by atoms with Gasteiger partial charge in [-0.25, -0.2) is 0 Å². The summed E-state index contributed by atoms with van der Waals surface area (Å²) in [5, 5.41) is 0. The van der Waals surface area contributed by atoms with Gasteiger partial charge in [0.05, 0.1) is 0 Å². The molecule has 0 saturated carbocycles. The summed E-state index contributed by atoms with van der Waals surface area (Å²) in [4.78, 5) is 0. The lowest BCUT2D eigenvalue weighted by Gasteiger charge is -2.33. The predicted molar refractivity (Wildman–Crippen MR) is 122 cm³/mol. The molecule has 0 bridgehead atoms. The fourth-order valence-corrected chi connectivity index (χ4v) is 5.62. The molecular weight excluding hydrogens is 336 g/mol. The molecule has 0 heterocycles.